The maximum Gasteiger partial charge on any atom is 0.260 e. The van der Waals surface area contributed by atoms with Crippen molar-refractivity contribution in [3.8, 4) is 11.5 Å². The zero-order chi connectivity index (χ0) is 10.8. The minimum Gasteiger partial charge on any atom is -0.388 e. The molecule has 15 heavy (non-hydrogen) atoms. The van der Waals surface area contributed by atoms with Crippen LogP contribution < -0.4 is 5.32 Å². The lowest BCUT2D eigenvalue weighted by Gasteiger charge is -2.01. The first-order valence-corrected chi connectivity index (χ1v) is 4.48. The molecule has 0 saturated heterocycles. The van der Waals surface area contributed by atoms with Gasteiger partial charge in [-0.15, -0.1) is 0 Å². The highest BCUT2D eigenvalue weighted by molar-refractivity contribution is 5.59. The summed E-state index contributed by atoms with van der Waals surface area (Å²) < 4.78 is 18.4. The molecule has 0 spiro atoms. The third-order valence-corrected chi connectivity index (χ3v) is 2.02. The van der Waals surface area contributed by atoms with Crippen molar-refractivity contribution in [2.45, 2.75) is 6.92 Å². The Bertz CT molecular complexity index is 481. The summed E-state index contributed by atoms with van der Waals surface area (Å²) in [5.41, 5.74) is 1.02. The Morgan fingerprint density at radius 2 is 2.20 bits per heavy atom. The third kappa shape index (κ3) is 1.81. The van der Waals surface area contributed by atoms with E-state index in [2.05, 4.69) is 15.5 Å². The molecule has 5 heteroatoms. The molecule has 0 unspecified atom stereocenters. The number of halogens is 1. The largest absolute Gasteiger partial charge is 0.388 e. The number of anilines is 1. The van der Waals surface area contributed by atoms with Crippen molar-refractivity contribution in [1.82, 2.24) is 10.1 Å². The van der Waals surface area contributed by atoms with Crippen molar-refractivity contribution in [2.75, 3.05) is 12.4 Å². The van der Waals surface area contributed by atoms with Crippen LogP contribution in [0.25, 0.3) is 11.5 Å². The van der Waals surface area contributed by atoms with E-state index in [4.69, 9.17) is 4.52 Å². The van der Waals surface area contributed by atoms with E-state index < -0.39 is 0 Å². The Labute approximate surface area is 86.1 Å². The average Bonchev–Trinajstić information content (AvgIpc) is 2.64. The second kappa shape index (κ2) is 3.68. The number of aryl methyl sites for hydroxylation is 1. The molecule has 0 fully saturated rings. The summed E-state index contributed by atoms with van der Waals surface area (Å²) in [7, 11) is 1.73. The van der Waals surface area contributed by atoms with Crippen LogP contribution in [0.5, 0.6) is 0 Å². The van der Waals surface area contributed by atoms with E-state index in [1.165, 1.54) is 6.07 Å². The summed E-state index contributed by atoms with van der Waals surface area (Å²) >= 11 is 0. The molecule has 78 valence electrons. The molecule has 0 atom stereocenters. The summed E-state index contributed by atoms with van der Waals surface area (Å²) in [6.45, 7) is 1.69. The quantitative estimate of drug-likeness (QED) is 0.820. The van der Waals surface area contributed by atoms with Crippen molar-refractivity contribution in [3.05, 3.63) is 29.8 Å². The lowest BCUT2D eigenvalue weighted by Crippen LogP contribution is -1.91. The van der Waals surface area contributed by atoms with Gasteiger partial charge < -0.3 is 9.84 Å². The fourth-order valence-corrected chi connectivity index (χ4v) is 1.25. The first-order valence-electron chi connectivity index (χ1n) is 4.48. The highest BCUT2D eigenvalue weighted by Crippen LogP contribution is 2.23. The van der Waals surface area contributed by atoms with Crippen LogP contribution in [0.2, 0.25) is 0 Å². The van der Waals surface area contributed by atoms with Crippen molar-refractivity contribution in [2.24, 2.45) is 0 Å². The van der Waals surface area contributed by atoms with Crippen LogP contribution in [0.4, 0.5) is 10.1 Å². The van der Waals surface area contributed by atoms with Crippen molar-refractivity contribution < 1.29 is 8.91 Å². The van der Waals surface area contributed by atoms with E-state index in [9.17, 15) is 4.39 Å². The van der Waals surface area contributed by atoms with Gasteiger partial charge >= 0.3 is 0 Å². The Morgan fingerprint density at radius 1 is 1.40 bits per heavy atom. The Balaban J connectivity index is 2.45. The monoisotopic (exact) mass is 207 g/mol. The van der Waals surface area contributed by atoms with Crippen molar-refractivity contribution >= 4 is 5.69 Å². The summed E-state index contributed by atoms with van der Waals surface area (Å²) in [4.78, 5) is 3.96. The predicted octanol–water partition coefficient (Wildman–Crippen LogP) is 2.23. The van der Waals surface area contributed by atoms with Crippen LogP contribution in [0, 0.1) is 12.7 Å². The molecule has 0 radical (unpaired) electrons. The van der Waals surface area contributed by atoms with E-state index in [1.807, 2.05) is 0 Å². The van der Waals surface area contributed by atoms with Gasteiger partial charge in [-0.1, -0.05) is 5.16 Å². The van der Waals surface area contributed by atoms with Gasteiger partial charge in [-0.25, -0.2) is 4.39 Å². The van der Waals surface area contributed by atoms with Gasteiger partial charge in [0.05, 0.1) is 5.56 Å². The molecular weight excluding hydrogens is 197 g/mol. The van der Waals surface area contributed by atoms with Gasteiger partial charge in [0.2, 0.25) is 0 Å². The number of hydrogen-bond acceptors (Lipinski definition) is 4. The molecule has 4 nitrogen and oxygen atoms in total. The molecule has 1 N–H and O–H groups in total. The highest BCUT2D eigenvalue weighted by atomic mass is 19.1. The van der Waals surface area contributed by atoms with Gasteiger partial charge in [-0.2, -0.15) is 4.98 Å². The van der Waals surface area contributed by atoms with Crippen LogP contribution in [-0.4, -0.2) is 17.2 Å². The van der Waals surface area contributed by atoms with Gasteiger partial charge in [0.1, 0.15) is 5.82 Å². The van der Waals surface area contributed by atoms with Gasteiger partial charge in [0.15, 0.2) is 5.82 Å². The average molecular weight is 207 g/mol. The zero-order valence-corrected chi connectivity index (χ0v) is 8.41. The molecular formula is C10H10FN3O. The van der Waals surface area contributed by atoms with Crippen molar-refractivity contribution in [3.63, 3.8) is 0 Å². The SMILES string of the molecule is CNc1ccc(-c2nc(C)no2)c(F)c1. The molecule has 2 rings (SSSR count). The number of rotatable bonds is 2. The minimum absolute atomic E-state index is 0.202. The second-order valence-corrected chi connectivity index (χ2v) is 3.09. The Morgan fingerprint density at radius 3 is 2.73 bits per heavy atom. The smallest absolute Gasteiger partial charge is 0.260 e. The first kappa shape index (κ1) is 9.64. The van der Waals surface area contributed by atoms with Crippen LogP contribution in [0.1, 0.15) is 5.82 Å². The minimum atomic E-state index is -0.384. The number of nitrogens with zero attached hydrogens (tertiary/aromatic N) is 2. The number of nitrogens with one attached hydrogen (secondary N) is 1. The van der Waals surface area contributed by atoms with Gasteiger partial charge in [-0.05, 0) is 25.1 Å². The molecule has 0 saturated carbocycles. The fraction of sp³-hybridized carbons (Fsp3) is 0.200. The van der Waals surface area contributed by atoms with E-state index in [0.29, 0.717) is 17.1 Å². The van der Waals surface area contributed by atoms with E-state index in [0.717, 1.165) is 0 Å². The summed E-state index contributed by atoms with van der Waals surface area (Å²) in [6.07, 6.45) is 0. The molecule has 0 aliphatic rings. The zero-order valence-electron chi connectivity index (χ0n) is 8.41. The van der Waals surface area contributed by atoms with E-state index in [-0.39, 0.29) is 11.7 Å². The van der Waals surface area contributed by atoms with Gasteiger partial charge in [0.25, 0.3) is 5.89 Å². The second-order valence-electron chi connectivity index (χ2n) is 3.09. The van der Waals surface area contributed by atoms with Crippen LogP contribution in [0.3, 0.4) is 0 Å². The van der Waals surface area contributed by atoms with E-state index in [1.54, 1.807) is 26.1 Å². The normalized spacial score (nSPS) is 10.3. The lowest BCUT2D eigenvalue weighted by atomic mass is 10.2. The molecule has 0 aliphatic heterocycles. The number of aromatic nitrogens is 2. The maximum atomic E-state index is 13.6. The molecule has 0 bridgehead atoms. The van der Waals surface area contributed by atoms with Crippen LogP contribution in [-0.2, 0) is 0 Å². The molecule has 1 heterocycles. The summed E-state index contributed by atoms with van der Waals surface area (Å²) in [6, 6.07) is 4.74. The van der Waals surface area contributed by atoms with Gasteiger partial charge in [-0.3, -0.25) is 0 Å². The third-order valence-electron chi connectivity index (χ3n) is 2.02. The molecule has 0 amide bonds. The lowest BCUT2D eigenvalue weighted by molar-refractivity contribution is 0.423. The first-order chi connectivity index (χ1) is 7.20. The number of benzene rings is 1. The van der Waals surface area contributed by atoms with Crippen molar-refractivity contribution in [1.29, 1.82) is 0 Å². The summed E-state index contributed by atoms with van der Waals surface area (Å²) in [5, 5.41) is 6.45. The summed E-state index contributed by atoms with van der Waals surface area (Å²) in [5.74, 6) is 0.306. The van der Waals surface area contributed by atoms with Crippen LogP contribution >= 0.6 is 0 Å². The molecule has 1 aromatic heterocycles. The van der Waals surface area contributed by atoms with E-state index >= 15 is 0 Å². The fourth-order valence-electron chi connectivity index (χ4n) is 1.25. The highest BCUT2D eigenvalue weighted by Gasteiger charge is 2.11. The molecule has 0 aliphatic carbocycles. The topological polar surface area (TPSA) is 51.0 Å². The maximum absolute atomic E-state index is 13.6. The number of hydrogen-bond donors (Lipinski definition) is 1. The van der Waals surface area contributed by atoms with Gasteiger partial charge in [0, 0.05) is 12.7 Å². The predicted molar refractivity (Wildman–Crippen MR) is 54.0 cm³/mol. The molecule has 2 aromatic rings. The Kier molecular flexibility index (Phi) is 2.37. The molecule has 1 aromatic carbocycles. The van der Waals surface area contributed by atoms with Crippen LogP contribution in [0.15, 0.2) is 22.7 Å². The standard InChI is InChI=1S/C10H10FN3O/c1-6-13-10(15-14-6)8-4-3-7(12-2)5-9(8)11/h3-5,12H,1-2H3. The Hall–Kier alpha value is -1.91.